The first-order chi connectivity index (χ1) is 9.13. The summed E-state index contributed by atoms with van der Waals surface area (Å²) in [6, 6.07) is 10.7. The van der Waals surface area contributed by atoms with E-state index in [0.717, 1.165) is 19.0 Å². The SMILES string of the molecule is CCN(CCC(C)CCC=C(C)C)c1ccccc1. The Bertz CT molecular complexity index is 363. The Hall–Kier alpha value is -1.24. The molecule has 0 N–H and O–H groups in total. The third kappa shape index (κ3) is 6.47. The van der Waals surface area contributed by atoms with Crippen molar-refractivity contribution >= 4 is 5.69 Å². The van der Waals surface area contributed by atoms with Crippen molar-refractivity contribution in [1.82, 2.24) is 0 Å². The Balaban J connectivity index is 2.35. The van der Waals surface area contributed by atoms with Gasteiger partial charge in [-0.2, -0.15) is 0 Å². The van der Waals surface area contributed by atoms with Gasteiger partial charge in [-0.3, -0.25) is 0 Å². The molecule has 0 radical (unpaired) electrons. The van der Waals surface area contributed by atoms with E-state index >= 15 is 0 Å². The number of nitrogens with zero attached hydrogens (tertiary/aromatic N) is 1. The van der Waals surface area contributed by atoms with Crippen molar-refractivity contribution in [1.29, 1.82) is 0 Å². The van der Waals surface area contributed by atoms with Gasteiger partial charge < -0.3 is 4.90 Å². The molecule has 0 aromatic heterocycles. The zero-order valence-electron chi connectivity index (χ0n) is 13.0. The zero-order chi connectivity index (χ0) is 14.1. The quantitative estimate of drug-likeness (QED) is 0.574. The summed E-state index contributed by atoms with van der Waals surface area (Å²) < 4.78 is 0. The minimum atomic E-state index is 0.799. The van der Waals surface area contributed by atoms with Crippen LogP contribution < -0.4 is 4.90 Å². The Morgan fingerprint density at radius 2 is 1.84 bits per heavy atom. The van der Waals surface area contributed by atoms with Gasteiger partial charge in [-0.15, -0.1) is 0 Å². The van der Waals surface area contributed by atoms with E-state index in [4.69, 9.17) is 0 Å². The number of para-hydroxylation sites is 1. The van der Waals surface area contributed by atoms with Crippen LogP contribution in [-0.4, -0.2) is 13.1 Å². The summed E-state index contributed by atoms with van der Waals surface area (Å²) in [5.41, 5.74) is 2.79. The van der Waals surface area contributed by atoms with E-state index in [2.05, 4.69) is 69.0 Å². The van der Waals surface area contributed by atoms with Gasteiger partial charge in [0.25, 0.3) is 0 Å². The van der Waals surface area contributed by atoms with Crippen LogP contribution >= 0.6 is 0 Å². The summed E-state index contributed by atoms with van der Waals surface area (Å²) in [6.07, 6.45) is 6.16. The second-order valence-corrected chi connectivity index (χ2v) is 5.67. The first-order valence-electron chi connectivity index (χ1n) is 7.56. The summed E-state index contributed by atoms with van der Waals surface area (Å²) in [5.74, 6) is 0.799. The van der Waals surface area contributed by atoms with Gasteiger partial charge in [0.1, 0.15) is 0 Å². The van der Waals surface area contributed by atoms with Crippen molar-refractivity contribution in [2.75, 3.05) is 18.0 Å². The van der Waals surface area contributed by atoms with Gasteiger partial charge in [-0.05, 0) is 58.1 Å². The Labute approximate surface area is 119 Å². The van der Waals surface area contributed by atoms with Crippen LogP contribution in [0.5, 0.6) is 0 Å². The summed E-state index contributed by atoms with van der Waals surface area (Å²) >= 11 is 0. The molecule has 0 saturated carbocycles. The van der Waals surface area contributed by atoms with Gasteiger partial charge in [0.2, 0.25) is 0 Å². The summed E-state index contributed by atoms with van der Waals surface area (Å²) in [5, 5.41) is 0. The highest BCUT2D eigenvalue weighted by molar-refractivity contribution is 5.45. The summed E-state index contributed by atoms with van der Waals surface area (Å²) in [6.45, 7) is 11.2. The standard InChI is InChI=1S/C18H29N/c1-5-19(18-12-7-6-8-13-18)15-14-17(4)11-9-10-16(2)3/h6-8,10,12-13,17H,5,9,11,14-15H2,1-4H3. The third-order valence-corrected chi connectivity index (χ3v) is 3.61. The fraction of sp³-hybridized carbons (Fsp3) is 0.556. The van der Waals surface area contributed by atoms with E-state index in [0.29, 0.717) is 0 Å². The van der Waals surface area contributed by atoms with E-state index in [-0.39, 0.29) is 0 Å². The van der Waals surface area contributed by atoms with Crippen LogP contribution in [0.4, 0.5) is 5.69 Å². The highest BCUT2D eigenvalue weighted by Crippen LogP contribution is 2.17. The average Bonchev–Trinajstić information content (AvgIpc) is 2.40. The minimum absolute atomic E-state index is 0.799. The molecule has 0 aliphatic carbocycles. The fourth-order valence-corrected chi connectivity index (χ4v) is 2.29. The van der Waals surface area contributed by atoms with Crippen LogP contribution in [-0.2, 0) is 0 Å². The smallest absolute Gasteiger partial charge is 0.0366 e. The Morgan fingerprint density at radius 1 is 1.16 bits per heavy atom. The van der Waals surface area contributed by atoms with Gasteiger partial charge in [0.05, 0.1) is 0 Å². The van der Waals surface area contributed by atoms with E-state index in [1.54, 1.807) is 0 Å². The number of rotatable bonds is 8. The van der Waals surface area contributed by atoms with Crippen molar-refractivity contribution in [3.63, 3.8) is 0 Å². The molecule has 0 aliphatic rings. The van der Waals surface area contributed by atoms with Crippen LogP contribution in [0.1, 0.15) is 47.0 Å². The molecule has 1 nitrogen and oxygen atoms in total. The van der Waals surface area contributed by atoms with Crippen LogP contribution in [0.3, 0.4) is 0 Å². The minimum Gasteiger partial charge on any atom is -0.372 e. The zero-order valence-corrected chi connectivity index (χ0v) is 13.0. The maximum atomic E-state index is 2.47. The molecule has 1 rings (SSSR count). The number of allylic oxidation sites excluding steroid dienone is 2. The maximum absolute atomic E-state index is 2.47. The van der Waals surface area contributed by atoms with Gasteiger partial charge in [-0.1, -0.05) is 36.8 Å². The predicted octanol–water partition coefficient (Wildman–Crippen LogP) is 5.29. The predicted molar refractivity (Wildman–Crippen MR) is 86.8 cm³/mol. The molecule has 0 fully saturated rings. The highest BCUT2D eigenvalue weighted by Gasteiger charge is 2.06. The van der Waals surface area contributed by atoms with Gasteiger partial charge in [-0.25, -0.2) is 0 Å². The molecule has 1 atom stereocenters. The lowest BCUT2D eigenvalue weighted by Gasteiger charge is -2.24. The van der Waals surface area contributed by atoms with Crippen molar-refractivity contribution in [3.05, 3.63) is 42.0 Å². The molecule has 0 aliphatic heterocycles. The number of hydrogen-bond acceptors (Lipinski definition) is 1. The molecule has 1 aromatic carbocycles. The van der Waals surface area contributed by atoms with E-state index in [9.17, 15) is 0 Å². The number of hydrogen-bond donors (Lipinski definition) is 0. The molecule has 1 aromatic rings. The van der Waals surface area contributed by atoms with Crippen molar-refractivity contribution in [2.24, 2.45) is 5.92 Å². The van der Waals surface area contributed by atoms with Gasteiger partial charge in [0, 0.05) is 18.8 Å². The lowest BCUT2D eigenvalue weighted by Crippen LogP contribution is -2.25. The van der Waals surface area contributed by atoms with E-state index < -0.39 is 0 Å². The summed E-state index contributed by atoms with van der Waals surface area (Å²) in [4.78, 5) is 2.47. The molecule has 0 heterocycles. The number of benzene rings is 1. The molecule has 0 saturated heterocycles. The first kappa shape index (κ1) is 15.8. The van der Waals surface area contributed by atoms with Gasteiger partial charge in [0.15, 0.2) is 0 Å². The molecule has 106 valence electrons. The van der Waals surface area contributed by atoms with E-state index in [1.165, 1.54) is 30.5 Å². The second-order valence-electron chi connectivity index (χ2n) is 5.67. The lowest BCUT2D eigenvalue weighted by atomic mass is 10.0. The molecule has 1 heteroatoms. The molecule has 0 spiro atoms. The number of anilines is 1. The largest absolute Gasteiger partial charge is 0.372 e. The Kier molecular flexibility index (Phi) is 7.32. The van der Waals surface area contributed by atoms with Crippen molar-refractivity contribution in [2.45, 2.75) is 47.0 Å². The topological polar surface area (TPSA) is 3.24 Å². The van der Waals surface area contributed by atoms with Crippen LogP contribution in [0.25, 0.3) is 0 Å². The maximum Gasteiger partial charge on any atom is 0.0366 e. The molecular formula is C18H29N. The third-order valence-electron chi connectivity index (χ3n) is 3.61. The van der Waals surface area contributed by atoms with E-state index in [1.807, 2.05) is 0 Å². The summed E-state index contributed by atoms with van der Waals surface area (Å²) in [7, 11) is 0. The highest BCUT2D eigenvalue weighted by atomic mass is 15.1. The van der Waals surface area contributed by atoms with Gasteiger partial charge >= 0.3 is 0 Å². The molecule has 19 heavy (non-hydrogen) atoms. The average molecular weight is 259 g/mol. The molecule has 0 bridgehead atoms. The molecular weight excluding hydrogens is 230 g/mol. The molecule has 1 unspecified atom stereocenters. The fourth-order valence-electron chi connectivity index (χ4n) is 2.29. The van der Waals surface area contributed by atoms with Crippen LogP contribution in [0.15, 0.2) is 42.0 Å². The lowest BCUT2D eigenvalue weighted by molar-refractivity contribution is 0.494. The van der Waals surface area contributed by atoms with Crippen LogP contribution in [0, 0.1) is 5.92 Å². The van der Waals surface area contributed by atoms with Crippen molar-refractivity contribution in [3.8, 4) is 0 Å². The molecule has 0 amide bonds. The first-order valence-corrected chi connectivity index (χ1v) is 7.56. The second kappa shape index (κ2) is 8.79. The van der Waals surface area contributed by atoms with Crippen molar-refractivity contribution < 1.29 is 0 Å². The monoisotopic (exact) mass is 259 g/mol. The Morgan fingerprint density at radius 3 is 2.42 bits per heavy atom. The normalized spacial score (nSPS) is 12.0. The van der Waals surface area contributed by atoms with Crippen LogP contribution in [0.2, 0.25) is 0 Å².